The molecule has 3 rings (SSSR count). The molecule has 0 bridgehead atoms. The summed E-state index contributed by atoms with van der Waals surface area (Å²) in [5, 5.41) is 0.929. The molecule has 2 aromatic carbocycles. The van der Waals surface area contributed by atoms with Gasteiger partial charge in [0.05, 0.1) is 0 Å². The summed E-state index contributed by atoms with van der Waals surface area (Å²) >= 11 is 5.55. The molecule has 0 unspecified atom stereocenters. The molecular weight excluding hydrogens is 419 g/mol. The van der Waals surface area contributed by atoms with Gasteiger partial charge in [-0.25, -0.2) is 4.79 Å². The lowest BCUT2D eigenvalue weighted by Gasteiger charge is -2.08. The van der Waals surface area contributed by atoms with Gasteiger partial charge in [0.1, 0.15) is 10.1 Å². The minimum Gasteiger partial charge on any atom is -0.422 e. The fourth-order valence-electron chi connectivity index (χ4n) is 2.04. The standard InChI is InChI=1S/C15H8BrIO2/c16-14-13(9-4-2-1-3-5-9)11-7-6-10(17)8-12(11)19-15(14)18/h1-8H. The third-order valence-electron chi connectivity index (χ3n) is 2.88. The van der Waals surface area contributed by atoms with Crippen LogP contribution in [0.1, 0.15) is 0 Å². The van der Waals surface area contributed by atoms with Crippen LogP contribution in [0, 0.1) is 3.57 Å². The van der Waals surface area contributed by atoms with Crippen LogP contribution in [0.4, 0.5) is 0 Å². The van der Waals surface area contributed by atoms with E-state index in [0.29, 0.717) is 10.1 Å². The van der Waals surface area contributed by atoms with Crippen molar-refractivity contribution in [1.82, 2.24) is 0 Å². The molecule has 0 radical (unpaired) electrons. The van der Waals surface area contributed by atoms with E-state index in [2.05, 4.69) is 38.5 Å². The molecule has 2 nitrogen and oxygen atoms in total. The highest BCUT2D eigenvalue weighted by atomic mass is 127. The zero-order chi connectivity index (χ0) is 13.4. The molecule has 0 fully saturated rings. The second kappa shape index (κ2) is 5.09. The van der Waals surface area contributed by atoms with Crippen molar-refractivity contribution in [1.29, 1.82) is 0 Å². The van der Waals surface area contributed by atoms with Gasteiger partial charge in [0.25, 0.3) is 0 Å². The summed E-state index contributed by atoms with van der Waals surface area (Å²) < 4.78 is 6.83. The van der Waals surface area contributed by atoms with Gasteiger partial charge >= 0.3 is 5.63 Å². The van der Waals surface area contributed by atoms with Crippen molar-refractivity contribution in [3.8, 4) is 11.1 Å². The van der Waals surface area contributed by atoms with Gasteiger partial charge in [-0.1, -0.05) is 30.3 Å². The van der Waals surface area contributed by atoms with Gasteiger partial charge in [0, 0.05) is 14.5 Å². The molecule has 4 heteroatoms. The summed E-state index contributed by atoms with van der Waals surface area (Å²) in [6.07, 6.45) is 0. The molecule has 0 aliphatic carbocycles. The SMILES string of the molecule is O=c1oc2cc(I)ccc2c(-c2ccccc2)c1Br. The molecule has 0 amide bonds. The van der Waals surface area contributed by atoms with E-state index in [1.165, 1.54) is 0 Å². The van der Waals surface area contributed by atoms with Gasteiger partial charge < -0.3 is 4.42 Å². The molecule has 0 saturated carbocycles. The Balaban J connectivity index is 2.46. The summed E-state index contributed by atoms with van der Waals surface area (Å²) in [4.78, 5) is 11.9. The van der Waals surface area contributed by atoms with Crippen LogP contribution in [-0.4, -0.2) is 0 Å². The monoisotopic (exact) mass is 426 g/mol. The van der Waals surface area contributed by atoms with Crippen molar-refractivity contribution in [2.75, 3.05) is 0 Å². The molecule has 94 valence electrons. The van der Waals surface area contributed by atoms with Crippen molar-refractivity contribution in [3.63, 3.8) is 0 Å². The van der Waals surface area contributed by atoms with Crippen LogP contribution in [0.25, 0.3) is 22.1 Å². The van der Waals surface area contributed by atoms with Crippen LogP contribution < -0.4 is 5.63 Å². The second-order valence-corrected chi connectivity index (χ2v) is 6.12. The first kappa shape index (κ1) is 12.9. The second-order valence-electron chi connectivity index (χ2n) is 4.09. The topological polar surface area (TPSA) is 30.2 Å². The van der Waals surface area contributed by atoms with E-state index in [9.17, 15) is 4.79 Å². The average molecular weight is 427 g/mol. The highest BCUT2D eigenvalue weighted by Gasteiger charge is 2.14. The first-order chi connectivity index (χ1) is 9.16. The fraction of sp³-hybridized carbons (Fsp3) is 0. The predicted molar refractivity (Wildman–Crippen MR) is 88.3 cm³/mol. The smallest absolute Gasteiger partial charge is 0.351 e. The molecule has 0 aliphatic heterocycles. The first-order valence-electron chi connectivity index (χ1n) is 5.64. The predicted octanol–water partition coefficient (Wildman–Crippen LogP) is 4.83. The highest BCUT2D eigenvalue weighted by Crippen LogP contribution is 2.33. The highest BCUT2D eigenvalue weighted by molar-refractivity contribution is 14.1. The quantitative estimate of drug-likeness (QED) is 0.412. The third-order valence-corrected chi connectivity index (χ3v) is 4.27. The molecule has 1 heterocycles. The largest absolute Gasteiger partial charge is 0.422 e. The molecule has 1 aromatic heterocycles. The van der Waals surface area contributed by atoms with E-state index in [0.717, 1.165) is 20.1 Å². The van der Waals surface area contributed by atoms with Crippen molar-refractivity contribution >= 4 is 49.5 Å². The Hall–Kier alpha value is -1.14. The van der Waals surface area contributed by atoms with Crippen molar-refractivity contribution in [3.05, 3.63) is 67.0 Å². The molecule has 3 aromatic rings. The van der Waals surface area contributed by atoms with Crippen LogP contribution in [0.3, 0.4) is 0 Å². The van der Waals surface area contributed by atoms with Crippen LogP contribution in [0.2, 0.25) is 0 Å². The van der Waals surface area contributed by atoms with E-state index < -0.39 is 0 Å². The van der Waals surface area contributed by atoms with Crippen LogP contribution in [0.15, 0.2) is 62.2 Å². The van der Waals surface area contributed by atoms with Gasteiger partial charge in [0.2, 0.25) is 0 Å². The van der Waals surface area contributed by atoms with E-state index in [-0.39, 0.29) is 5.63 Å². The maximum Gasteiger partial charge on any atom is 0.351 e. The van der Waals surface area contributed by atoms with Crippen molar-refractivity contribution in [2.45, 2.75) is 0 Å². The van der Waals surface area contributed by atoms with Crippen molar-refractivity contribution in [2.24, 2.45) is 0 Å². The minimum atomic E-state index is -0.353. The molecule has 19 heavy (non-hydrogen) atoms. The molecule has 0 N–H and O–H groups in total. The average Bonchev–Trinajstić information content (AvgIpc) is 2.41. The van der Waals surface area contributed by atoms with E-state index in [1.807, 2.05) is 48.5 Å². The zero-order valence-electron chi connectivity index (χ0n) is 9.69. The molecule has 0 atom stereocenters. The maximum atomic E-state index is 11.9. The van der Waals surface area contributed by atoms with Crippen LogP contribution >= 0.6 is 38.5 Å². The van der Waals surface area contributed by atoms with Gasteiger partial charge in [-0.3, -0.25) is 0 Å². The van der Waals surface area contributed by atoms with Gasteiger partial charge in [-0.15, -0.1) is 0 Å². The van der Waals surface area contributed by atoms with Gasteiger partial charge in [0.15, 0.2) is 0 Å². The lowest BCUT2D eigenvalue weighted by atomic mass is 10.0. The number of benzene rings is 2. The third kappa shape index (κ3) is 2.34. The Morgan fingerprint density at radius 2 is 1.79 bits per heavy atom. The normalized spacial score (nSPS) is 10.8. The number of hydrogen-bond donors (Lipinski definition) is 0. The Morgan fingerprint density at radius 1 is 1.05 bits per heavy atom. The van der Waals surface area contributed by atoms with Gasteiger partial charge in [-0.2, -0.15) is 0 Å². The number of halogens is 2. The Bertz CT molecular complexity index is 809. The summed E-state index contributed by atoms with van der Waals surface area (Å²) in [5.74, 6) is 0. The first-order valence-corrected chi connectivity index (χ1v) is 7.51. The van der Waals surface area contributed by atoms with Crippen LogP contribution in [0.5, 0.6) is 0 Å². The van der Waals surface area contributed by atoms with Crippen LogP contribution in [-0.2, 0) is 0 Å². The Morgan fingerprint density at radius 3 is 2.53 bits per heavy atom. The molecule has 0 aliphatic rings. The molecule has 0 saturated heterocycles. The summed E-state index contributed by atoms with van der Waals surface area (Å²) in [6.45, 7) is 0. The Labute approximate surface area is 131 Å². The van der Waals surface area contributed by atoms with E-state index >= 15 is 0 Å². The summed E-state index contributed by atoms with van der Waals surface area (Å²) in [5.41, 5.74) is 2.13. The summed E-state index contributed by atoms with van der Waals surface area (Å²) in [7, 11) is 0. The number of hydrogen-bond acceptors (Lipinski definition) is 2. The van der Waals surface area contributed by atoms with Crippen molar-refractivity contribution < 1.29 is 4.42 Å². The maximum absolute atomic E-state index is 11.9. The minimum absolute atomic E-state index is 0.353. The zero-order valence-corrected chi connectivity index (χ0v) is 13.4. The van der Waals surface area contributed by atoms with E-state index in [1.54, 1.807) is 0 Å². The lowest BCUT2D eigenvalue weighted by Crippen LogP contribution is -2.02. The fourth-order valence-corrected chi connectivity index (χ4v) is 3.03. The Kier molecular flexibility index (Phi) is 3.45. The molecule has 0 spiro atoms. The number of fused-ring (bicyclic) bond motifs is 1. The molecular formula is C15H8BrIO2. The van der Waals surface area contributed by atoms with E-state index in [4.69, 9.17) is 4.42 Å². The lowest BCUT2D eigenvalue weighted by molar-refractivity contribution is 0.557. The van der Waals surface area contributed by atoms with Gasteiger partial charge in [-0.05, 0) is 62.3 Å². The summed E-state index contributed by atoms with van der Waals surface area (Å²) in [6, 6.07) is 15.7. The number of rotatable bonds is 1.